The predicted molar refractivity (Wildman–Crippen MR) is 108 cm³/mol. The molecule has 1 N–H and O–H groups in total. The first kappa shape index (κ1) is 19.1. The number of likely N-dealkylation sites (N-methyl/N-ethyl adjacent to an activating group) is 1. The topological polar surface area (TPSA) is 77.0 Å². The monoisotopic (exact) mass is 387 g/mol. The highest BCUT2D eigenvalue weighted by molar-refractivity contribution is 7.09. The summed E-state index contributed by atoms with van der Waals surface area (Å²) < 4.78 is 0. The summed E-state index contributed by atoms with van der Waals surface area (Å²) in [5.74, 6) is 1.51. The molecule has 1 aliphatic heterocycles. The second-order valence-electron chi connectivity index (χ2n) is 6.38. The van der Waals surface area contributed by atoms with Gasteiger partial charge in [0.15, 0.2) is 5.96 Å². The van der Waals surface area contributed by atoms with Crippen molar-refractivity contribution in [3.8, 4) is 0 Å². The van der Waals surface area contributed by atoms with Crippen LogP contribution in [0.15, 0.2) is 41.0 Å². The molecule has 144 valence electrons. The Morgan fingerprint density at radius 1 is 1.22 bits per heavy atom. The van der Waals surface area contributed by atoms with E-state index < -0.39 is 0 Å². The summed E-state index contributed by atoms with van der Waals surface area (Å²) >= 11 is 1.70. The van der Waals surface area contributed by atoms with Gasteiger partial charge in [-0.25, -0.2) is 15.0 Å². The molecule has 0 atom stereocenters. The van der Waals surface area contributed by atoms with Crippen molar-refractivity contribution < 1.29 is 4.79 Å². The number of aliphatic imine (C=N–C) groups is 1. The second-order valence-corrected chi connectivity index (χ2v) is 7.42. The summed E-state index contributed by atoms with van der Waals surface area (Å²) in [5.41, 5.74) is 0. The zero-order valence-electron chi connectivity index (χ0n) is 15.7. The molecule has 0 bridgehead atoms. The van der Waals surface area contributed by atoms with E-state index in [2.05, 4.69) is 41.5 Å². The normalized spacial score (nSPS) is 15.0. The van der Waals surface area contributed by atoms with Crippen molar-refractivity contribution in [2.24, 2.45) is 4.99 Å². The highest BCUT2D eigenvalue weighted by atomic mass is 32.1. The number of carbonyl (C=O) groups is 1. The van der Waals surface area contributed by atoms with Crippen LogP contribution in [0, 0.1) is 0 Å². The van der Waals surface area contributed by atoms with Crippen LogP contribution in [0.1, 0.15) is 4.88 Å². The van der Waals surface area contributed by atoms with Gasteiger partial charge in [0.05, 0.1) is 6.54 Å². The minimum atomic E-state index is -0.0123. The Balaban J connectivity index is 1.63. The smallest absolute Gasteiger partial charge is 0.243 e. The molecule has 1 aliphatic rings. The summed E-state index contributed by atoms with van der Waals surface area (Å²) in [5, 5.41) is 5.46. The highest BCUT2D eigenvalue weighted by Crippen LogP contribution is 2.11. The van der Waals surface area contributed by atoms with Crippen LogP contribution in [0.4, 0.5) is 5.95 Å². The standard InChI is InChI=1S/C18H25N7OS/c1-23(2)16(26)14-22-18(21-13-15-5-3-12-27-15)25-10-8-24(9-11-25)17-19-6-4-7-20-17/h3-7,12H,8-11,13-14H2,1-2H3,(H,21,22). The number of carbonyl (C=O) groups excluding carboxylic acids is 1. The molecular weight excluding hydrogens is 362 g/mol. The molecular formula is C18H25N7OS. The van der Waals surface area contributed by atoms with E-state index in [1.54, 1.807) is 42.7 Å². The van der Waals surface area contributed by atoms with Crippen LogP contribution in [-0.2, 0) is 11.3 Å². The van der Waals surface area contributed by atoms with Gasteiger partial charge in [-0.15, -0.1) is 11.3 Å². The molecule has 2 aromatic heterocycles. The molecule has 2 aromatic rings. The van der Waals surface area contributed by atoms with E-state index in [4.69, 9.17) is 0 Å². The van der Waals surface area contributed by atoms with Gasteiger partial charge in [0.25, 0.3) is 0 Å². The fourth-order valence-electron chi connectivity index (χ4n) is 2.70. The fraction of sp³-hybridized carbons (Fsp3) is 0.444. The van der Waals surface area contributed by atoms with Crippen LogP contribution in [-0.4, -0.2) is 78.5 Å². The lowest BCUT2D eigenvalue weighted by Gasteiger charge is -2.36. The minimum absolute atomic E-state index is 0.0123. The first-order valence-corrected chi connectivity index (χ1v) is 9.79. The van der Waals surface area contributed by atoms with Crippen LogP contribution in [0.5, 0.6) is 0 Å². The zero-order chi connectivity index (χ0) is 19.1. The molecule has 0 radical (unpaired) electrons. The Bertz CT molecular complexity index is 740. The van der Waals surface area contributed by atoms with Crippen molar-refractivity contribution in [1.29, 1.82) is 0 Å². The third-order valence-corrected chi connectivity index (χ3v) is 5.15. The van der Waals surface area contributed by atoms with E-state index in [0.29, 0.717) is 6.54 Å². The number of piperazine rings is 1. The molecule has 1 saturated heterocycles. The second kappa shape index (κ2) is 9.31. The highest BCUT2D eigenvalue weighted by Gasteiger charge is 2.21. The van der Waals surface area contributed by atoms with Crippen molar-refractivity contribution in [1.82, 2.24) is 25.1 Å². The Morgan fingerprint density at radius 3 is 2.59 bits per heavy atom. The first-order valence-electron chi connectivity index (χ1n) is 8.91. The van der Waals surface area contributed by atoms with E-state index in [9.17, 15) is 4.79 Å². The molecule has 0 aliphatic carbocycles. The number of guanidine groups is 1. The van der Waals surface area contributed by atoms with Gasteiger partial charge < -0.3 is 20.0 Å². The summed E-state index contributed by atoms with van der Waals surface area (Å²) in [6.45, 7) is 4.06. The summed E-state index contributed by atoms with van der Waals surface area (Å²) in [6.07, 6.45) is 3.52. The molecule has 8 nitrogen and oxygen atoms in total. The maximum atomic E-state index is 11.9. The zero-order valence-corrected chi connectivity index (χ0v) is 16.5. The Hall–Kier alpha value is -2.68. The number of hydrogen-bond acceptors (Lipinski definition) is 6. The summed E-state index contributed by atoms with van der Waals surface area (Å²) in [4.78, 5) is 32.3. The van der Waals surface area contributed by atoms with Gasteiger partial charge in [-0.2, -0.15) is 0 Å². The van der Waals surface area contributed by atoms with Gasteiger partial charge in [-0.3, -0.25) is 4.79 Å². The number of thiophene rings is 1. The van der Waals surface area contributed by atoms with Crippen LogP contribution in [0.3, 0.4) is 0 Å². The lowest BCUT2D eigenvalue weighted by molar-refractivity contribution is -0.127. The lowest BCUT2D eigenvalue weighted by Crippen LogP contribution is -2.53. The van der Waals surface area contributed by atoms with Gasteiger partial charge in [-0.1, -0.05) is 6.07 Å². The number of rotatable bonds is 5. The maximum Gasteiger partial charge on any atom is 0.243 e. The molecule has 0 spiro atoms. The number of nitrogens with zero attached hydrogens (tertiary/aromatic N) is 6. The van der Waals surface area contributed by atoms with Crippen LogP contribution in [0.25, 0.3) is 0 Å². The Labute approximate surface area is 163 Å². The van der Waals surface area contributed by atoms with E-state index in [1.807, 2.05) is 12.1 Å². The van der Waals surface area contributed by atoms with Gasteiger partial charge in [0, 0.05) is 57.5 Å². The van der Waals surface area contributed by atoms with E-state index >= 15 is 0 Å². The summed E-state index contributed by atoms with van der Waals surface area (Å²) in [7, 11) is 3.49. The van der Waals surface area contributed by atoms with Crippen molar-refractivity contribution in [3.05, 3.63) is 40.8 Å². The molecule has 0 saturated carbocycles. The molecule has 27 heavy (non-hydrogen) atoms. The number of nitrogens with one attached hydrogen (secondary N) is 1. The number of hydrogen-bond donors (Lipinski definition) is 1. The van der Waals surface area contributed by atoms with Gasteiger partial charge >= 0.3 is 0 Å². The molecule has 0 unspecified atom stereocenters. The van der Waals surface area contributed by atoms with Crippen molar-refractivity contribution in [2.45, 2.75) is 6.54 Å². The van der Waals surface area contributed by atoms with Crippen molar-refractivity contribution in [3.63, 3.8) is 0 Å². The quantitative estimate of drug-likeness (QED) is 0.607. The largest absolute Gasteiger partial charge is 0.351 e. The Kier molecular flexibility index (Phi) is 6.59. The molecule has 1 amide bonds. The molecule has 9 heteroatoms. The Morgan fingerprint density at radius 2 is 1.96 bits per heavy atom. The molecule has 3 rings (SSSR count). The van der Waals surface area contributed by atoms with Crippen LogP contribution in [0.2, 0.25) is 0 Å². The van der Waals surface area contributed by atoms with E-state index in [0.717, 1.165) is 38.1 Å². The first-order chi connectivity index (χ1) is 13.1. The fourth-order valence-corrected chi connectivity index (χ4v) is 3.35. The predicted octanol–water partition coefficient (Wildman–Crippen LogP) is 0.894. The average Bonchev–Trinajstić information content (AvgIpc) is 3.22. The number of anilines is 1. The lowest BCUT2D eigenvalue weighted by atomic mass is 10.3. The third kappa shape index (κ3) is 5.40. The third-order valence-electron chi connectivity index (χ3n) is 4.28. The van der Waals surface area contributed by atoms with E-state index in [1.165, 1.54) is 4.88 Å². The molecule has 1 fully saturated rings. The van der Waals surface area contributed by atoms with Gasteiger partial charge in [0.1, 0.15) is 6.54 Å². The van der Waals surface area contributed by atoms with Crippen LogP contribution >= 0.6 is 11.3 Å². The number of aromatic nitrogens is 2. The van der Waals surface area contributed by atoms with Crippen molar-refractivity contribution >= 4 is 29.2 Å². The maximum absolute atomic E-state index is 11.9. The SMILES string of the molecule is CN(C)C(=O)CN=C(NCc1cccs1)N1CCN(c2ncccn2)CC1. The number of amides is 1. The van der Waals surface area contributed by atoms with Gasteiger partial charge in [-0.05, 0) is 17.5 Å². The average molecular weight is 388 g/mol. The van der Waals surface area contributed by atoms with Gasteiger partial charge in [0.2, 0.25) is 11.9 Å². The van der Waals surface area contributed by atoms with Crippen molar-refractivity contribution in [2.75, 3.05) is 51.7 Å². The summed E-state index contributed by atoms with van der Waals surface area (Å²) in [6, 6.07) is 5.94. The molecule has 0 aromatic carbocycles. The minimum Gasteiger partial charge on any atom is -0.351 e. The van der Waals surface area contributed by atoms with Crippen LogP contribution < -0.4 is 10.2 Å². The van der Waals surface area contributed by atoms with E-state index in [-0.39, 0.29) is 12.5 Å². The molecule has 3 heterocycles.